The van der Waals surface area contributed by atoms with E-state index in [2.05, 4.69) is 41.8 Å². The number of benzene rings is 2. The minimum Gasteiger partial charge on any atom is -0.390 e. The van der Waals surface area contributed by atoms with Crippen LogP contribution in [-0.2, 0) is 9.59 Å². The molecular formula is C20H24Br2N2O4. The molecule has 2 aromatic rings. The lowest BCUT2D eigenvalue weighted by Crippen LogP contribution is -2.08. The molecule has 0 bridgehead atoms. The van der Waals surface area contributed by atoms with Crippen molar-refractivity contribution < 1.29 is 19.8 Å². The summed E-state index contributed by atoms with van der Waals surface area (Å²) < 4.78 is 0. The first kappa shape index (κ1) is 28.2. The van der Waals surface area contributed by atoms with E-state index in [1.54, 1.807) is 0 Å². The molecule has 2 N–H and O–H groups in total. The smallest absolute Gasteiger partial charge is 0.106 e. The normalized spacial score (nSPS) is 8.43. The minimum absolute atomic E-state index is 0.203. The van der Waals surface area contributed by atoms with E-state index in [4.69, 9.17) is 19.8 Å². The number of aliphatic hydroxyl groups excluding tert-OH is 2. The first-order valence-electron chi connectivity index (χ1n) is 7.87. The average molecular weight is 516 g/mol. The Morgan fingerprint density at radius 3 is 1.29 bits per heavy atom. The van der Waals surface area contributed by atoms with Crippen LogP contribution in [0.25, 0.3) is 0 Å². The van der Waals surface area contributed by atoms with Crippen LogP contribution in [0.2, 0.25) is 0 Å². The molecule has 0 amide bonds. The van der Waals surface area contributed by atoms with Crippen molar-refractivity contribution >= 4 is 68.2 Å². The molecule has 0 saturated heterocycles. The van der Waals surface area contributed by atoms with Crippen LogP contribution >= 0.6 is 31.9 Å². The van der Waals surface area contributed by atoms with E-state index in [0.29, 0.717) is 5.71 Å². The molecule has 0 saturated carbocycles. The lowest BCUT2D eigenvalue weighted by molar-refractivity contribution is -0.0987. The Morgan fingerprint density at radius 1 is 0.679 bits per heavy atom. The molecule has 0 unspecified atom stereocenters. The molecule has 152 valence electrons. The standard InChI is InChI=1S/C9H9Br2N.C9H11NO2.2CH2O/c10-6-9(7-11)12-8-4-2-1-3-5-8;11-6-9(7-12)10-8-4-2-1-3-5-8;2*1-2/h1-5H,6-7H2;1-5,11-12H,6-7H2;2*1H2. The van der Waals surface area contributed by atoms with Crippen molar-refractivity contribution in [2.75, 3.05) is 23.9 Å². The summed E-state index contributed by atoms with van der Waals surface area (Å²) >= 11 is 6.75. The maximum absolute atomic E-state index is 8.70. The van der Waals surface area contributed by atoms with Crippen LogP contribution in [0.3, 0.4) is 0 Å². The zero-order valence-electron chi connectivity index (χ0n) is 15.4. The van der Waals surface area contributed by atoms with Gasteiger partial charge in [0.05, 0.1) is 30.3 Å². The van der Waals surface area contributed by atoms with E-state index in [1.807, 2.05) is 74.2 Å². The number of nitrogens with zero attached hydrogens (tertiary/aromatic N) is 2. The van der Waals surface area contributed by atoms with E-state index in [1.165, 1.54) is 0 Å². The molecule has 0 radical (unpaired) electrons. The van der Waals surface area contributed by atoms with Gasteiger partial charge in [0.15, 0.2) is 0 Å². The maximum Gasteiger partial charge on any atom is 0.106 e. The predicted molar refractivity (Wildman–Crippen MR) is 123 cm³/mol. The first-order chi connectivity index (χ1) is 13.7. The molecule has 0 aliphatic carbocycles. The van der Waals surface area contributed by atoms with Crippen LogP contribution in [0.4, 0.5) is 11.4 Å². The highest BCUT2D eigenvalue weighted by Crippen LogP contribution is 2.11. The summed E-state index contributed by atoms with van der Waals surface area (Å²) in [5.74, 6) is 0. The van der Waals surface area contributed by atoms with Gasteiger partial charge in [0.2, 0.25) is 0 Å². The van der Waals surface area contributed by atoms with Crippen molar-refractivity contribution in [3.05, 3.63) is 60.7 Å². The molecule has 0 atom stereocenters. The van der Waals surface area contributed by atoms with E-state index in [-0.39, 0.29) is 13.2 Å². The van der Waals surface area contributed by atoms with Crippen molar-refractivity contribution in [2.45, 2.75) is 0 Å². The third-order valence-corrected chi connectivity index (χ3v) is 4.05. The van der Waals surface area contributed by atoms with Crippen molar-refractivity contribution in [1.82, 2.24) is 0 Å². The molecule has 8 heteroatoms. The minimum atomic E-state index is -0.203. The number of aliphatic hydroxyl groups is 2. The largest absolute Gasteiger partial charge is 0.390 e. The number of carbonyl (C=O) groups excluding carboxylic acids is 2. The van der Waals surface area contributed by atoms with Crippen molar-refractivity contribution in [3.8, 4) is 0 Å². The van der Waals surface area contributed by atoms with Gasteiger partial charge in [-0.1, -0.05) is 68.3 Å². The van der Waals surface area contributed by atoms with Gasteiger partial charge in [-0.3, -0.25) is 9.98 Å². The molecule has 2 rings (SSSR count). The topological polar surface area (TPSA) is 99.3 Å². The van der Waals surface area contributed by atoms with Gasteiger partial charge in [-0.15, -0.1) is 0 Å². The summed E-state index contributed by atoms with van der Waals surface area (Å²) in [5.41, 5.74) is 3.23. The average Bonchev–Trinajstić information content (AvgIpc) is 2.80. The van der Waals surface area contributed by atoms with Gasteiger partial charge in [-0.05, 0) is 24.3 Å². The van der Waals surface area contributed by atoms with Gasteiger partial charge >= 0.3 is 0 Å². The highest BCUT2D eigenvalue weighted by Gasteiger charge is 1.94. The van der Waals surface area contributed by atoms with E-state index < -0.39 is 0 Å². The fourth-order valence-corrected chi connectivity index (χ4v) is 2.77. The quantitative estimate of drug-likeness (QED) is 0.449. The zero-order chi connectivity index (χ0) is 21.6. The van der Waals surface area contributed by atoms with Crippen LogP contribution in [0, 0.1) is 0 Å². The zero-order valence-corrected chi connectivity index (χ0v) is 18.5. The van der Waals surface area contributed by atoms with Crippen LogP contribution in [-0.4, -0.2) is 59.1 Å². The second kappa shape index (κ2) is 21.3. The van der Waals surface area contributed by atoms with Gasteiger partial charge in [0, 0.05) is 16.4 Å². The molecule has 0 fully saturated rings. The Bertz CT molecular complexity index is 597. The van der Waals surface area contributed by atoms with Crippen LogP contribution in [0.15, 0.2) is 70.6 Å². The van der Waals surface area contributed by atoms with E-state index >= 15 is 0 Å². The van der Waals surface area contributed by atoms with Crippen LogP contribution in [0.5, 0.6) is 0 Å². The lowest BCUT2D eigenvalue weighted by atomic mass is 10.3. The van der Waals surface area contributed by atoms with Gasteiger partial charge in [0.1, 0.15) is 13.6 Å². The molecule has 2 aromatic carbocycles. The van der Waals surface area contributed by atoms with E-state index in [9.17, 15) is 0 Å². The number of aliphatic imine (C=N–C) groups is 2. The number of hydrogen-bond acceptors (Lipinski definition) is 6. The molecule has 0 aliphatic heterocycles. The fourth-order valence-electron chi connectivity index (χ4n) is 1.59. The molecule has 6 nitrogen and oxygen atoms in total. The third kappa shape index (κ3) is 14.1. The highest BCUT2D eigenvalue weighted by molar-refractivity contribution is 9.10. The lowest BCUT2D eigenvalue weighted by Gasteiger charge is -1.97. The Morgan fingerprint density at radius 2 is 1.00 bits per heavy atom. The maximum atomic E-state index is 8.70. The Labute approximate surface area is 182 Å². The summed E-state index contributed by atoms with van der Waals surface area (Å²) in [4.78, 5) is 24.4. The Balaban J connectivity index is 0. The predicted octanol–water partition coefficient (Wildman–Crippen LogP) is 3.92. The Kier molecular flexibility index (Phi) is 21.5. The number of para-hydroxylation sites is 2. The van der Waals surface area contributed by atoms with Crippen LogP contribution < -0.4 is 0 Å². The Hall–Kier alpha value is -2.00. The molecule has 0 aromatic heterocycles. The number of alkyl halides is 2. The highest BCUT2D eigenvalue weighted by atomic mass is 79.9. The molecule has 0 heterocycles. The second-order valence-corrected chi connectivity index (χ2v) is 5.73. The summed E-state index contributed by atoms with van der Waals surface area (Å²) in [5, 5.41) is 19.0. The van der Waals surface area contributed by atoms with Gasteiger partial charge in [-0.2, -0.15) is 0 Å². The van der Waals surface area contributed by atoms with Crippen molar-refractivity contribution in [3.63, 3.8) is 0 Å². The second-order valence-electron chi connectivity index (χ2n) is 4.61. The van der Waals surface area contributed by atoms with Gasteiger partial charge in [-0.25, -0.2) is 0 Å². The number of hydrogen-bond donors (Lipinski definition) is 2. The molecule has 0 aliphatic rings. The first-order valence-corrected chi connectivity index (χ1v) is 10.1. The summed E-state index contributed by atoms with van der Waals surface area (Å²) in [6.45, 7) is 3.59. The van der Waals surface area contributed by atoms with E-state index in [0.717, 1.165) is 27.7 Å². The summed E-state index contributed by atoms with van der Waals surface area (Å²) in [6.07, 6.45) is 0. The third-order valence-electron chi connectivity index (χ3n) is 2.76. The van der Waals surface area contributed by atoms with Crippen molar-refractivity contribution in [2.24, 2.45) is 9.98 Å². The van der Waals surface area contributed by atoms with Gasteiger partial charge in [0.25, 0.3) is 0 Å². The monoisotopic (exact) mass is 514 g/mol. The molecule has 28 heavy (non-hydrogen) atoms. The number of carbonyl (C=O) groups is 2. The van der Waals surface area contributed by atoms with Crippen LogP contribution in [0.1, 0.15) is 0 Å². The fraction of sp³-hybridized carbons (Fsp3) is 0.200. The van der Waals surface area contributed by atoms with Gasteiger partial charge < -0.3 is 19.8 Å². The SMILES string of the molecule is BrCC(CBr)=Nc1ccccc1.C=O.C=O.OCC(CO)=Nc1ccccc1. The summed E-state index contributed by atoms with van der Waals surface area (Å²) in [6, 6.07) is 19.2. The number of rotatable bonds is 6. The number of halogens is 2. The molecule has 0 spiro atoms. The molecular weight excluding hydrogens is 492 g/mol. The van der Waals surface area contributed by atoms with Crippen molar-refractivity contribution in [1.29, 1.82) is 0 Å². The summed E-state index contributed by atoms with van der Waals surface area (Å²) in [7, 11) is 0.